The summed E-state index contributed by atoms with van der Waals surface area (Å²) in [6.07, 6.45) is 1.34. The van der Waals surface area contributed by atoms with E-state index in [9.17, 15) is 20.2 Å². The van der Waals surface area contributed by atoms with Crippen molar-refractivity contribution in [2.45, 2.75) is 0 Å². The Kier molecular flexibility index (Phi) is 5.30. The summed E-state index contributed by atoms with van der Waals surface area (Å²) in [5.41, 5.74) is 0.105. The van der Waals surface area contributed by atoms with Crippen molar-refractivity contribution in [3.8, 4) is 11.8 Å². The second kappa shape index (κ2) is 7.40. The number of ether oxygens (including phenoxy) is 1. The van der Waals surface area contributed by atoms with Gasteiger partial charge in [-0.1, -0.05) is 23.7 Å². The quantitative estimate of drug-likeness (QED) is 0.269. The number of allylic oxidation sites excluding steroid dienone is 1. The minimum Gasteiger partial charge on any atom is -0.496 e. The fraction of sp³-hybridized carbons (Fsp3) is 0.0588. The molecule has 0 spiro atoms. The second-order valence-corrected chi connectivity index (χ2v) is 5.13. The van der Waals surface area contributed by atoms with Gasteiger partial charge in [0.05, 0.1) is 12.0 Å². The summed E-state index contributed by atoms with van der Waals surface area (Å²) in [5, 5.41) is 20.5. The van der Waals surface area contributed by atoms with Gasteiger partial charge in [0, 0.05) is 28.3 Å². The molecule has 0 bridgehead atoms. The Morgan fingerprint density at radius 1 is 1.33 bits per heavy atom. The molecule has 0 heterocycles. The molecule has 0 N–H and O–H groups in total. The number of nitro benzene ring substituents is 1. The van der Waals surface area contributed by atoms with E-state index in [1.165, 1.54) is 31.4 Å². The highest BCUT2D eigenvalue weighted by Crippen LogP contribution is 2.26. The number of ketones is 1. The molecule has 0 fully saturated rings. The molecule has 24 heavy (non-hydrogen) atoms. The average molecular weight is 343 g/mol. The molecule has 0 saturated carbocycles. The summed E-state index contributed by atoms with van der Waals surface area (Å²) >= 11 is 5.93. The van der Waals surface area contributed by atoms with E-state index in [0.29, 0.717) is 16.3 Å². The number of benzene rings is 2. The molecule has 6 nitrogen and oxygen atoms in total. The van der Waals surface area contributed by atoms with Crippen LogP contribution in [0.5, 0.6) is 5.75 Å². The van der Waals surface area contributed by atoms with E-state index >= 15 is 0 Å². The maximum Gasteiger partial charge on any atom is 0.270 e. The normalized spacial score (nSPS) is 10.8. The average Bonchev–Trinajstić information content (AvgIpc) is 2.59. The number of rotatable bonds is 5. The van der Waals surface area contributed by atoms with Gasteiger partial charge in [0.25, 0.3) is 5.69 Å². The lowest BCUT2D eigenvalue weighted by Gasteiger charge is -2.06. The molecule has 0 aromatic heterocycles. The fourth-order valence-corrected chi connectivity index (χ4v) is 2.22. The molecule has 2 aromatic rings. The largest absolute Gasteiger partial charge is 0.496 e. The first-order valence-corrected chi connectivity index (χ1v) is 7.08. The van der Waals surface area contributed by atoms with E-state index in [4.69, 9.17) is 16.3 Å². The molecule has 0 unspecified atom stereocenters. The molecular weight excluding hydrogens is 332 g/mol. The number of methoxy groups -OCH3 is 1. The summed E-state index contributed by atoms with van der Waals surface area (Å²) in [4.78, 5) is 22.7. The molecule has 7 heteroatoms. The van der Waals surface area contributed by atoms with Gasteiger partial charge < -0.3 is 4.74 Å². The van der Waals surface area contributed by atoms with Crippen molar-refractivity contribution in [2.75, 3.05) is 7.11 Å². The lowest BCUT2D eigenvalue weighted by molar-refractivity contribution is -0.384. The highest BCUT2D eigenvalue weighted by molar-refractivity contribution is 6.30. The van der Waals surface area contributed by atoms with E-state index < -0.39 is 10.7 Å². The third-order valence-corrected chi connectivity index (χ3v) is 3.41. The lowest BCUT2D eigenvalue weighted by Crippen LogP contribution is -2.03. The van der Waals surface area contributed by atoms with Crippen LogP contribution in [0.4, 0.5) is 5.69 Å². The molecule has 0 amide bonds. The van der Waals surface area contributed by atoms with Crippen LogP contribution in [-0.4, -0.2) is 17.8 Å². The molecule has 2 aromatic carbocycles. The van der Waals surface area contributed by atoms with Gasteiger partial charge >= 0.3 is 0 Å². The zero-order valence-corrected chi connectivity index (χ0v) is 13.3. The highest BCUT2D eigenvalue weighted by atomic mass is 35.5. The van der Waals surface area contributed by atoms with Gasteiger partial charge in [-0.15, -0.1) is 0 Å². The van der Waals surface area contributed by atoms with Gasteiger partial charge in [-0.25, -0.2) is 0 Å². The Labute approximate surface area is 142 Å². The van der Waals surface area contributed by atoms with Gasteiger partial charge in [0.1, 0.15) is 17.4 Å². The SMILES string of the molecule is COc1ccc(Cl)cc1/C=C(\C#N)C(=O)c1cccc([N+](=O)[O-])c1. The van der Waals surface area contributed by atoms with E-state index in [2.05, 4.69) is 0 Å². The monoisotopic (exact) mass is 342 g/mol. The van der Waals surface area contributed by atoms with Crippen molar-refractivity contribution in [3.63, 3.8) is 0 Å². The van der Waals surface area contributed by atoms with Crippen LogP contribution in [-0.2, 0) is 0 Å². The van der Waals surface area contributed by atoms with Crippen molar-refractivity contribution in [3.05, 3.63) is 74.3 Å². The lowest BCUT2D eigenvalue weighted by atomic mass is 10.0. The number of nitriles is 1. The predicted molar refractivity (Wildman–Crippen MR) is 89.0 cm³/mol. The summed E-state index contributed by atoms with van der Waals surface area (Å²) < 4.78 is 5.17. The summed E-state index contributed by atoms with van der Waals surface area (Å²) in [5.74, 6) is -0.178. The van der Waals surface area contributed by atoms with Crippen molar-refractivity contribution in [1.29, 1.82) is 5.26 Å². The van der Waals surface area contributed by atoms with Crippen LogP contribution in [0.15, 0.2) is 48.0 Å². The van der Waals surface area contributed by atoms with Gasteiger partial charge in [-0.2, -0.15) is 5.26 Å². The number of carbonyl (C=O) groups is 1. The molecule has 0 saturated heterocycles. The number of carbonyl (C=O) groups excluding carboxylic acids is 1. The van der Waals surface area contributed by atoms with E-state index in [1.54, 1.807) is 18.2 Å². The first kappa shape index (κ1) is 17.2. The van der Waals surface area contributed by atoms with Crippen LogP contribution < -0.4 is 4.74 Å². The van der Waals surface area contributed by atoms with E-state index in [0.717, 1.165) is 6.07 Å². The van der Waals surface area contributed by atoms with Crippen molar-refractivity contribution in [2.24, 2.45) is 0 Å². The Morgan fingerprint density at radius 3 is 2.71 bits per heavy atom. The zero-order chi connectivity index (χ0) is 17.7. The van der Waals surface area contributed by atoms with Crippen LogP contribution in [0.3, 0.4) is 0 Å². The van der Waals surface area contributed by atoms with Crippen molar-refractivity contribution in [1.82, 2.24) is 0 Å². The van der Waals surface area contributed by atoms with Crippen LogP contribution >= 0.6 is 11.6 Å². The maximum absolute atomic E-state index is 12.5. The Balaban J connectivity index is 2.47. The summed E-state index contributed by atoms with van der Waals surface area (Å²) in [7, 11) is 1.45. The van der Waals surface area contributed by atoms with E-state index in [1.807, 2.05) is 6.07 Å². The standard InChI is InChI=1S/C17H11ClN2O4/c1-24-16-6-5-14(18)8-12(16)7-13(10-19)17(21)11-3-2-4-15(9-11)20(22)23/h2-9H,1H3/b13-7+. The third kappa shape index (κ3) is 3.77. The fourth-order valence-electron chi connectivity index (χ4n) is 2.04. The molecular formula is C17H11ClN2O4. The number of nitrogens with zero attached hydrogens (tertiary/aromatic N) is 2. The zero-order valence-electron chi connectivity index (χ0n) is 12.5. The maximum atomic E-state index is 12.5. The Hall–Kier alpha value is -3.17. The molecule has 0 aliphatic carbocycles. The summed E-state index contributed by atoms with van der Waals surface area (Å²) in [6.45, 7) is 0. The van der Waals surface area contributed by atoms with E-state index in [-0.39, 0.29) is 16.8 Å². The molecule has 0 radical (unpaired) electrons. The van der Waals surface area contributed by atoms with Gasteiger partial charge in [-0.05, 0) is 24.3 Å². The van der Waals surface area contributed by atoms with Gasteiger partial charge in [-0.3, -0.25) is 14.9 Å². The van der Waals surface area contributed by atoms with Crippen LogP contribution in [0.25, 0.3) is 6.08 Å². The van der Waals surface area contributed by atoms with Crippen LogP contribution in [0, 0.1) is 21.4 Å². The Morgan fingerprint density at radius 2 is 2.08 bits per heavy atom. The van der Waals surface area contributed by atoms with Crippen LogP contribution in [0.2, 0.25) is 5.02 Å². The molecule has 0 aliphatic heterocycles. The Bertz CT molecular complexity index is 884. The second-order valence-electron chi connectivity index (χ2n) is 4.69. The number of nitro groups is 1. The molecule has 120 valence electrons. The number of non-ortho nitro benzene ring substituents is 1. The van der Waals surface area contributed by atoms with Crippen molar-refractivity contribution < 1.29 is 14.5 Å². The molecule has 0 aliphatic rings. The van der Waals surface area contributed by atoms with Gasteiger partial charge in [0.15, 0.2) is 0 Å². The first-order chi connectivity index (χ1) is 11.5. The molecule has 0 atom stereocenters. The number of halogens is 1. The topological polar surface area (TPSA) is 93.2 Å². The minimum atomic E-state index is -0.622. The highest BCUT2D eigenvalue weighted by Gasteiger charge is 2.16. The summed E-state index contributed by atoms with van der Waals surface area (Å²) in [6, 6.07) is 11.8. The minimum absolute atomic E-state index is 0.0537. The van der Waals surface area contributed by atoms with Gasteiger partial charge in [0.2, 0.25) is 5.78 Å². The predicted octanol–water partition coefficient (Wildman–Crippen LogP) is 4.05. The number of hydrogen-bond donors (Lipinski definition) is 0. The first-order valence-electron chi connectivity index (χ1n) is 6.70. The van der Waals surface area contributed by atoms with Crippen LogP contribution in [0.1, 0.15) is 15.9 Å². The molecule has 2 rings (SSSR count). The van der Waals surface area contributed by atoms with Crippen molar-refractivity contribution >= 4 is 29.1 Å². The third-order valence-electron chi connectivity index (χ3n) is 3.18. The smallest absolute Gasteiger partial charge is 0.270 e. The number of hydrogen-bond acceptors (Lipinski definition) is 5. The number of Topliss-reactive ketones (excluding diaryl/α,β-unsaturated/α-hetero) is 1.